The number of piperidine rings is 1. The number of hydrogen-bond donors (Lipinski definition) is 0. The number of aromatic nitrogens is 2. The molecule has 1 aromatic carbocycles. The average molecular weight is 442 g/mol. The van der Waals surface area contributed by atoms with Crippen LogP contribution in [0.2, 0.25) is 0 Å². The van der Waals surface area contributed by atoms with Crippen LogP contribution in [-0.2, 0) is 4.74 Å². The molecule has 2 aromatic heterocycles. The Morgan fingerprint density at radius 1 is 1.16 bits per heavy atom. The zero-order chi connectivity index (χ0) is 22.1. The van der Waals surface area contributed by atoms with E-state index in [0.717, 1.165) is 21.6 Å². The molecular weight excluding hydrogens is 417 g/mol. The van der Waals surface area contributed by atoms with Crippen molar-refractivity contribution in [3.8, 4) is 0 Å². The molecule has 1 saturated heterocycles. The lowest BCUT2D eigenvalue weighted by molar-refractivity contribution is 0.0531. The van der Waals surface area contributed by atoms with Crippen LogP contribution in [0.1, 0.15) is 51.2 Å². The van der Waals surface area contributed by atoms with E-state index in [1.807, 2.05) is 13.8 Å². The Hall–Kier alpha value is -2.87. The Labute approximate surface area is 184 Å². The number of hydrogen-bond acceptors (Lipinski definition) is 7. The fourth-order valence-electron chi connectivity index (χ4n) is 4.04. The summed E-state index contributed by atoms with van der Waals surface area (Å²) in [6.45, 7) is 7.19. The van der Waals surface area contributed by atoms with Gasteiger partial charge in [-0.15, -0.1) is 11.3 Å². The van der Waals surface area contributed by atoms with Crippen molar-refractivity contribution >= 4 is 39.1 Å². The number of carbonyl (C=O) groups excluding carboxylic acids is 2. The van der Waals surface area contributed by atoms with Crippen LogP contribution >= 0.6 is 11.3 Å². The Morgan fingerprint density at radius 2 is 1.84 bits per heavy atom. The largest absolute Gasteiger partial charge is 0.462 e. The van der Waals surface area contributed by atoms with Gasteiger partial charge in [-0.2, -0.15) is 0 Å². The Kier molecular flexibility index (Phi) is 6.00. The number of aryl methyl sites for hydroxylation is 2. The second kappa shape index (κ2) is 8.70. The van der Waals surface area contributed by atoms with Gasteiger partial charge >= 0.3 is 5.97 Å². The summed E-state index contributed by atoms with van der Waals surface area (Å²) in [4.78, 5) is 37.9. The SMILES string of the molecule is CCOC(=O)c1sc2nc(C)nc(N3CCC(C(=O)c4ccc(F)cc4)CC3)c2c1C. The molecule has 3 aromatic rings. The Balaban J connectivity index is 1.58. The number of halogens is 1. The van der Waals surface area contributed by atoms with Crippen LogP contribution in [0.4, 0.5) is 10.2 Å². The van der Waals surface area contributed by atoms with E-state index >= 15 is 0 Å². The summed E-state index contributed by atoms with van der Waals surface area (Å²) in [6, 6.07) is 5.74. The minimum atomic E-state index is -0.345. The van der Waals surface area contributed by atoms with Gasteiger partial charge < -0.3 is 9.64 Å². The van der Waals surface area contributed by atoms with Crippen LogP contribution < -0.4 is 4.90 Å². The fraction of sp³-hybridized carbons (Fsp3) is 0.391. The number of benzene rings is 1. The maximum atomic E-state index is 13.2. The fourth-order valence-corrected chi connectivity index (χ4v) is 5.16. The lowest BCUT2D eigenvalue weighted by atomic mass is 9.89. The smallest absolute Gasteiger partial charge is 0.348 e. The van der Waals surface area contributed by atoms with Crippen molar-refractivity contribution in [2.45, 2.75) is 33.6 Å². The van der Waals surface area contributed by atoms with E-state index in [1.54, 1.807) is 19.1 Å². The lowest BCUT2D eigenvalue weighted by Crippen LogP contribution is -2.37. The standard InChI is InChI=1S/C23H24FN3O3S/c1-4-30-23(29)20-13(2)18-21(25-14(3)26-22(18)31-20)27-11-9-16(10-12-27)19(28)15-5-7-17(24)8-6-15/h5-8,16H,4,9-12H2,1-3H3. The molecule has 0 spiro atoms. The molecule has 1 aliphatic heterocycles. The summed E-state index contributed by atoms with van der Waals surface area (Å²) in [5.41, 5.74) is 1.38. The Bertz CT molecular complexity index is 1140. The third kappa shape index (κ3) is 4.17. The van der Waals surface area contributed by atoms with E-state index in [0.29, 0.717) is 48.8 Å². The number of Topliss-reactive ketones (excluding diaryl/α,β-unsaturated/α-hetero) is 1. The van der Waals surface area contributed by atoms with E-state index in [1.165, 1.54) is 23.5 Å². The molecule has 1 fully saturated rings. The molecule has 0 unspecified atom stereocenters. The number of anilines is 1. The number of fused-ring (bicyclic) bond motifs is 1. The monoisotopic (exact) mass is 441 g/mol. The molecule has 3 heterocycles. The third-order valence-corrected chi connectivity index (χ3v) is 6.80. The van der Waals surface area contributed by atoms with E-state index < -0.39 is 0 Å². The van der Waals surface area contributed by atoms with Gasteiger partial charge in [0.1, 0.15) is 27.2 Å². The zero-order valence-electron chi connectivity index (χ0n) is 17.8. The number of ether oxygens (including phenoxy) is 1. The molecule has 1 aliphatic rings. The summed E-state index contributed by atoms with van der Waals surface area (Å²) < 4.78 is 18.4. The average Bonchev–Trinajstić information content (AvgIpc) is 3.10. The predicted molar refractivity (Wildman–Crippen MR) is 119 cm³/mol. The molecule has 4 rings (SSSR count). The van der Waals surface area contributed by atoms with Gasteiger partial charge in [-0.3, -0.25) is 4.79 Å². The molecule has 0 amide bonds. The minimum absolute atomic E-state index is 0.0555. The molecular formula is C23H24FN3O3S. The summed E-state index contributed by atoms with van der Waals surface area (Å²) in [7, 11) is 0. The van der Waals surface area contributed by atoms with E-state index in [4.69, 9.17) is 4.74 Å². The molecule has 0 radical (unpaired) electrons. The summed E-state index contributed by atoms with van der Waals surface area (Å²) in [5, 5.41) is 0.877. The summed E-state index contributed by atoms with van der Waals surface area (Å²) in [5.74, 6) is 0.722. The molecule has 31 heavy (non-hydrogen) atoms. The first-order chi connectivity index (χ1) is 14.9. The predicted octanol–water partition coefficient (Wildman–Crippen LogP) is 4.72. The van der Waals surface area contributed by atoms with Gasteiger partial charge in [0.15, 0.2) is 5.78 Å². The first kappa shape index (κ1) is 21.4. The van der Waals surface area contributed by atoms with Crippen LogP contribution in [0.15, 0.2) is 24.3 Å². The Morgan fingerprint density at radius 3 is 2.48 bits per heavy atom. The minimum Gasteiger partial charge on any atom is -0.462 e. The number of ketones is 1. The van der Waals surface area contributed by atoms with Crippen LogP contribution in [0, 0.1) is 25.6 Å². The van der Waals surface area contributed by atoms with Crippen molar-refractivity contribution in [2.24, 2.45) is 5.92 Å². The lowest BCUT2D eigenvalue weighted by Gasteiger charge is -2.32. The van der Waals surface area contributed by atoms with Gasteiger partial charge in [0.2, 0.25) is 0 Å². The summed E-state index contributed by atoms with van der Waals surface area (Å²) in [6.07, 6.45) is 1.38. The van der Waals surface area contributed by atoms with Gasteiger partial charge in [-0.05, 0) is 63.4 Å². The molecule has 6 nitrogen and oxygen atoms in total. The second-order valence-corrected chi connectivity index (χ2v) is 8.68. The van der Waals surface area contributed by atoms with Crippen LogP contribution in [0.25, 0.3) is 10.2 Å². The van der Waals surface area contributed by atoms with Gasteiger partial charge in [0.25, 0.3) is 0 Å². The van der Waals surface area contributed by atoms with Gasteiger partial charge in [-0.25, -0.2) is 19.2 Å². The molecule has 8 heteroatoms. The van der Waals surface area contributed by atoms with Crippen LogP contribution in [-0.4, -0.2) is 41.4 Å². The topological polar surface area (TPSA) is 72.4 Å². The molecule has 0 saturated carbocycles. The molecule has 0 atom stereocenters. The first-order valence-corrected chi connectivity index (χ1v) is 11.2. The molecule has 162 valence electrons. The molecule has 0 N–H and O–H groups in total. The van der Waals surface area contributed by atoms with Crippen molar-refractivity contribution in [1.29, 1.82) is 0 Å². The highest BCUT2D eigenvalue weighted by Gasteiger charge is 2.29. The van der Waals surface area contributed by atoms with Crippen molar-refractivity contribution in [3.05, 3.63) is 51.9 Å². The maximum Gasteiger partial charge on any atom is 0.348 e. The zero-order valence-corrected chi connectivity index (χ0v) is 18.6. The first-order valence-electron chi connectivity index (χ1n) is 10.4. The highest BCUT2D eigenvalue weighted by Crippen LogP contribution is 2.37. The van der Waals surface area contributed by atoms with Crippen molar-refractivity contribution in [1.82, 2.24) is 9.97 Å². The number of carbonyl (C=O) groups is 2. The third-order valence-electron chi connectivity index (χ3n) is 5.64. The molecule has 0 bridgehead atoms. The van der Waals surface area contributed by atoms with Crippen molar-refractivity contribution in [3.63, 3.8) is 0 Å². The summed E-state index contributed by atoms with van der Waals surface area (Å²) >= 11 is 1.33. The van der Waals surface area contributed by atoms with E-state index in [2.05, 4.69) is 14.9 Å². The number of nitrogens with zero attached hydrogens (tertiary/aromatic N) is 3. The van der Waals surface area contributed by atoms with Gasteiger partial charge in [-0.1, -0.05) is 0 Å². The van der Waals surface area contributed by atoms with Crippen molar-refractivity contribution in [2.75, 3.05) is 24.6 Å². The number of thiophene rings is 1. The second-order valence-electron chi connectivity index (χ2n) is 7.68. The number of esters is 1. The maximum absolute atomic E-state index is 13.2. The van der Waals surface area contributed by atoms with Crippen LogP contribution in [0.5, 0.6) is 0 Å². The van der Waals surface area contributed by atoms with Crippen molar-refractivity contribution < 1.29 is 18.7 Å². The normalized spacial score (nSPS) is 14.8. The van der Waals surface area contributed by atoms with Gasteiger partial charge in [0, 0.05) is 24.6 Å². The van der Waals surface area contributed by atoms with E-state index in [9.17, 15) is 14.0 Å². The molecule has 0 aliphatic carbocycles. The highest BCUT2D eigenvalue weighted by atomic mass is 32.1. The quantitative estimate of drug-likeness (QED) is 0.421. The number of rotatable bonds is 5. The van der Waals surface area contributed by atoms with Crippen LogP contribution in [0.3, 0.4) is 0 Å². The van der Waals surface area contributed by atoms with Gasteiger partial charge in [0.05, 0.1) is 12.0 Å². The van der Waals surface area contributed by atoms with E-state index in [-0.39, 0.29) is 23.5 Å². The highest BCUT2D eigenvalue weighted by molar-refractivity contribution is 7.20.